The smallest absolute Gasteiger partial charge is 0.253 e. The molecular formula is C24H31N5O2S. The molecule has 4 rings (SSSR count). The van der Waals surface area contributed by atoms with E-state index in [0.29, 0.717) is 5.75 Å². The summed E-state index contributed by atoms with van der Waals surface area (Å²) in [6, 6.07) is 9.98. The molecule has 1 aromatic heterocycles. The lowest BCUT2D eigenvalue weighted by molar-refractivity contribution is -0.129. The van der Waals surface area contributed by atoms with Gasteiger partial charge in [-0.15, -0.1) is 0 Å². The van der Waals surface area contributed by atoms with Gasteiger partial charge in [-0.1, -0.05) is 30.8 Å². The first-order chi connectivity index (χ1) is 15.5. The van der Waals surface area contributed by atoms with Gasteiger partial charge in [-0.05, 0) is 37.0 Å². The van der Waals surface area contributed by atoms with Crippen LogP contribution in [0.5, 0.6) is 0 Å². The van der Waals surface area contributed by atoms with E-state index >= 15 is 0 Å². The van der Waals surface area contributed by atoms with E-state index in [-0.39, 0.29) is 11.8 Å². The van der Waals surface area contributed by atoms with Gasteiger partial charge in [-0.3, -0.25) is 9.59 Å². The second-order valence-corrected chi connectivity index (χ2v) is 9.28. The molecule has 0 radical (unpaired) electrons. The van der Waals surface area contributed by atoms with Crippen LogP contribution in [0.15, 0.2) is 35.5 Å². The predicted molar refractivity (Wildman–Crippen MR) is 127 cm³/mol. The Morgan fingerprint density at radius 3 is 2.41 bits per heavy atom. The van der Waals surface area contributed by atoms with E-state index in [2.05, 4.69) is 24.0 Å². The molecule has 2 saturated heterocycles. The Bertz CT molecular complexity index is 969. The van der Waals surface area contributed by atoms with E-state index in [9.17, 15) is 9.59 Å². The average Bonchev–Trinajstić information content (AvgIpc) is 3.37. The quantitative estimate of drug-likeness (QED) is 0.494. The molecule has 170 valence electrons. The summed E-state index contributed by atoms with van der Waals surface area (Å²) in [5.41, 5.74) is 2.88. The summed E-state index contributed by atoms with van der Waals surface area (Å²) in [5.74, 6) is 1.90. The summed E-state index contributed by atoms with van der Waals surface area (Å²) in [4.78, 5) is 39.9. The highest BCUT2D eigenvalue weighted by atomic mass is 32.2. The van der Waals surface area contributed by atoms with Gasteiger partial charge in [0.1, 0.15) is 5.82 Å². The molecule has 0 unspecified atom stereocenters. The zero-order chi connectivity index (χ0) is 22.5. The van der Waals surface area contributed by atoms with Gasteiger partial charge >= 0.3 is 0 Å². The van der Waals surface area contributed by atoms with Crippen molar-refractivity contribution in [2.24, 2.45) is 0 Å². The number of hydrogen-bond donors (Lipinski definition) is 0. The molecular weight excluding hydrogens is 422 g/mol. The van der Waals surface area contributed by atoms with Gasteiger partial charge in [-0.25, -0.2) is 9.97 Å². The number of rotatable bonds is 6. The van der Waals surface area contributed by atoms with Crippen LogP contribution >= 0.6 is 11.8 Å². The predicted octanol–water partition coefficient (Wildman–Crippen LogP) is 3.24. The van der Waals surface area contributed by atoms with Crippen molar-refractivity contribution >= 4 is 29.4 Å². The van der Waals surface area contributed by atoms with Crippen molar-refractivity contribution in [3.8, 4) is 0 Å². The summed E-state index contributed by atoms with van der Waals surface area (Å²) in [6.07, 6.45) is 3.04. The van der Waals surface area contributed by atoms with Crippen molar-refractivity contribution in [2.45, 2.75) is 44.0 Å². The Morgan fingerprint density at radius 2 is 1.72 bits per heavy atom. The first kappa shape index (κ1) is 22.6. The molecule has 1 aromatic carbocycles. The fraction of sp³-hybridized carbons (Fsp3) is 0.500. The maximum absolute atomic E-state index is 12.7. The number of thioether (sulfide) groups is 1. The van der Waals surface area contributed by atoms with E-state index in [1.807, 2.05) is 28.0 Å². The first-order valence-corrected chi connectivity index (χ1v) is 12.4. The molecule has 0 spiro atoms. The standard InChI is InChI=1S/C24H31N5O2S/c1-3-21-16-22(28-13-11-27(12-14-28)18(2)30)26-24(25-21)32-17-19-7-6-8-20(15-19)23(31)29-9-4-5-10-29/h6-8,15-16H,3-5,9-14,17H2,1-2H3. The lowest BCUT2D eigenvalue weighted by atomic mass is 10.1. The molecule has 0 N–H and O–H groups in total. The van der Waals surface area contributed by atoms with Crippen LogP contribution < -0.4 is 4.90 Å². The van der Waals surface area contributed by atoms with Crippen LogP contribution in [0.2, 0.25) is 0 Å². The Hall–Kier alpha value is -2.61. The largest absolute Gasteiger partial charge is 0.353 e. The number of hydrogen-bond acceptors (Lipinski definition) is 6. The van der Waals surface area contributed by atoms with E-state index < -0.39 is 0 Å². The molecule has 2 aromatic rings. The third-order valence-corrected chi connectivity index (χ3v) is 7.01. The number of nitrogens with zero attached hydrogens (tertiary/aromatic N) is 5. The van der Waals surface area contributed by atoms with Gasteiger partial charge in [0.05, 0.1) is 0 Å². The molecule has 2 aliphatic rings. The van der Waals surface area contributed by atoms with Crippen molar-refractivity contribution in [3.63, 3.8) is 0 Å². The van der Waals surface area contributed by atoms with Crippen LogP contribution in [-0.2, 0) is 17.0 Å². The molecule has 32 heavy (non-hydrogen) atoms. The fourth-order valence-corrected chi connectivity index (χ4v) is 4.98. The molecule has 3 heterocycles. The number of likely N-dealkylation sites (tertiary alicyclic amines) is 1. The number of anilines is 1. The minimum absolute atomic E-state index is 0.128. The zero-order valence-corrected chi connectivity index (χ0v) is 19.7. The highest BCUT2D eigenvalue weighted by Crippen LogP contribution is 2.25. The molecule has 0 saturated carbocycles. The highest BCUT2D eigenvalue weighted by Gasteiger charge is 2.21. The number of aromatic nitrogens is 2. The van der Waals surface area contributed by atoms with Crippen LogP contribution in [0.25, 0.3) is 0 Å². The molecule has 0 atom stereocenters. The Morgan fingerprint density at radius 1 is 0.969 bits per heavy atom. The second-order valence-electron chi connectivity index (χ2n) is 8.34. The monoisotopic (exact) mass is 453 g/mol. The molecule has 8 heteroatoms. The number of aryl methyl sites for hydroxylation is 1. The summed E-state index contributed by atoms with van der Waals surface area (Å²) in [7, 11) is 0. The number of carbonyl (C=O) groups excluding carboxylic acids is 2. The highest BCUT2D eigenvalue weighted by molar-refractivity contribution is 7.98. The Labute approximate surface area is 194 Å². The van der Waals surface area contributed by atoms with Crippen molar-refractivity contribution in [2.75, 3.05) is 44.2 Å². The van der Waals surface area contributed by atoms with Crippen molar-refractivity contribution < 1.29 is 9.59 Å². The van der Waals surface area contributed by atoms with Gasteiger partial charge in [-0.2, -0.15) is 0 Å². The maximum atomic E-state index is 12.7. The van der Waals surface area contributed by atoms with Crippen LogP contribution in [0, 0.1) is 0 Å². The van der Waals surface area contributed by atoms with Gasteiger partial charge in [0.15, 0.2) is 5.16 Å². The fourth-order valence-electron chi connectivity index (χ4n) is 4.16. The molecule has 2 amide bonds. The second kappa shape index (κ2) is 10.3. The van der Waals surface area contributed by atoms with Gasteiger partial charge in [0.2, 0.25) is 5.91 Å². The van der Waals surface area contributed by atoms with E-state index in [1.54, 1.807) is 18.7 Å². The maximum Gasteiger partial charge on any atom is 0.253 e. The minimum Gasteiger partial charge on any atom is -0.353 e. The Kier molecular flexibility index (Phi) is 7.29. The summed E-state index contributed by atoms with van der Waals surface area (Å²) >= 11 is 1.60. The summed E-state index contributed by atoms with van der Waals surface area (Å²) in [6.45, 7) is 8.45. The first-order valence-electron chi connectivity index (χ1n) is 11.4. The van der Waals surface area contributed by atoms with E-state index in [1.165, 1.54) is 0 Å². The van der Waals surface area contributed by atoms with Crippen LogP contribution in [0.3, 0.4) is 0 Å². The summed E-state index contributed by atoms with van der Waals surface area (Å²) < 4.78 is 0. The minimum atomic E-state index is 0.128. The van der Waals surface area contributed by atoms with E-state index in [0.717, 1.165) is 86.3 Å². The number of piperazine rings is 1. The van der Waals surface area contributed by atoms with Crippen molar-refractivity contribution in [1.82, 2.24) is 19.8 Å². The molecule has 7 nitrogen and oxygen atoms in total. The van der Waals surface area contributed by atoms with Crippen LogP contribution in [0.1, 0.15) is 48.3 Å². The number of carbonyl (C=O) groups is 2. The topological polar surface area (TPSA) is 69.6 Å². The number of benzene rings is 1. The lowest BCUT2D eigenvalue weighted by Gasteiger charge is -2.35. The van der Waals surface area contributed by atoms with E-state index in [4.69, 9.17) is 9.97 Å². The zero-order valence-electron chi connectivity index (χ0n) is 18.9. The van der Waals surface area contributed by atoms with Gasteiger partial charge in [0.25, 0.3) is 5.91 Å². The Balaban J connectivity index is 1.43. The van der Waals surface area contributed by atoms with Crippen LogP contribution in [-0.4, -0.2) is 70.9 Å². The third-order valence-electron chi connectivity index (χ3n) is 6.09. The molecule has 2 fully saturated rings. The summed E-state index contributed by atoms with van der Waals surface area (Å²) in [5, 5.41) is 0.754. The van der Waals surface area contributed by atoms with Crippen LogP contribution in [0.4, 0.5) is 5.82 Å². The average molecular weight is 454 g/mol. The number of amides is 2. The molecule has 2 aliphatic heterocycles. The molecule has 0 aliphatic carbocycles. The van der Waals surface area contributed by atoms with Crippen molar-refractivity contribution in [1.29, 1.82) is 0 Å². The normalized spacial score (nSPS) is 16.5. The van der Waals surface area contributed by atoms with Gasteiger partial charge < -0.3 is 14.7 Å². The molecule has 0 bridgehead atoms. The van der Waals surface area contributed by atoms with Gasteiger partial charge in [0, 0.05) is 69.3 Å². The lowest BCUT2D eigenvalue weighted by Crippen LogP contribution is -2.48. The SMILES string of the molecule is CCc1cc(N2CCN(C(C)=O)CC2)nc(SCc2cccc(C(=O)N3CCCC3)c2)n1. The third kappa shape index (κ3) is 5.41. The van der Waals surface area contributed by atoms with Crippen molar-refractivity contribution in [3.05, 3.63) is 47.2 Å².